The minimum Gasteiger partial charge on any atom is -0.376 e. The van der Waals surface area contributed by atoms with E-state index in [4.69, 9.17) is 15.2 Å². The fourth-order valence-electron chi connectivity index (χ4n) is 2.12. The fraction of sp³-hybridized carbons (Fsp3) is 0.833. The molecular formula is C12H21NO2. The van der Waals surface area contributed by atoms with E-state index in [1.807, 2.05) is 0 Å². The molecule has 0 spiro atoms. The van der Waals surface area contributed by atoms with Gasteiger partial charge in [-0.15, -0.1) is 0 Å². The SMILES string of the molecule is NC1C=CC(OCC2CCCCO2)CC1. The number of hydrogen-bond acceptors (Lipinski definition) is 3. The lowest BCUT2D eigenvalue weighted by molar-refractivity contribution is -0.0556. The summed E-state index contributed by atoms with van der Waals surface area (Å²) in [5.74, 6) is 0. The zero-order valence-corrected chi connectivity index (χ0v) is 9.23. The van der Waals surface area contributed by atoms with Gasteiger partial charge in [-0.2, -0.15) is 0 Å². The maximum atomic E-state index is 5.80. The smallest absolute Gasteiger partial charge is 0.0808 e. The minimum absolute atomic E-state index is 0.232. The van der Waals surface area contributed by atoms with Crippen molar-refractivity contribution in [1.82, 2.24) is 0 Å². The van der Waals surface area contributed by atoms with Gasteiger partial charge in [0.05, 0.1) is 18.8 Å². The Balaban J connectivity index is 1.66. The van der Waals surface area contributed by atoms with Crippen molar-refractivity contribution in [2.24, 2.45) is 5.73 Å². The lowest BCUT2D eigenvalue weighted by atomic mass is 10.0. The third-order valence-electron chi connectivity index (χ3n) is 3.13. The Morgan fingerprint density at radius 1 is 1.20 bits per heavy atom. The second-order valence-electron chi connectivity index (χ2n) is 4.49. The second kappa shape index (κ2) is 5.64. The average molecular weight is 211 g/mol. The first-order valence-corrected chi connectivity index (χ1v) is 6.02. The van der Waals surface area contributed by atoms with Crippen LogP contribution in [-0.4, -0.2) is 31.5 Å². The number of nitrogens with two attached hydrogens (primary N) is 1. The summed E-state index contributed by atoms with van der Waals surface area (Å²) >= 11 is 0. The molecule has 3 nitrogen and oxygen atoms in total. The van der Waals surface area contributed by atoms with Crippen LogP contribution in [0, 0.1) is 0 Å². The van der Waals surface area contributed by atoms with Gasteiger partial charge < -0.3 is 15.2 Å². The minimum atomic E-state index is 0.232. The van der Waals surface area contributed by atoms with E-state index in [2.05, 4.69) is 12.2 Å². The van der Waals surface area contributed by atoms with Gasteiger partial charge in [0.1, 0.15) is 0 Å². The highest BCUT2D eigenvalue weighted by atomic mass is 16.5. The van der Waals surface area contributed by atoms with Crippen LogP contribution < -0.4 is 5.73 Å². The van der Waals surface area contributed by atoms with Crippen molar-refractivity contribution in [3.63, 3.8) is 0 Å². The van der Waals surface area contributed by atoms with Crippen molar-refractivity contribution in [3.8, 4) is 0 Å². The quantitative estimate of drug-likeness (QED) is 0.721. The molecule has 3 unspecified atom stereocenters. The van der Waals surface area contributed by atoms with Crippen LogP contribution in [0.1, 0.15) is 32.1 Å². The van der Waals surface area contributed by atoms with Gasteiger partial charge in [-0.25, -0.2) is 0 Å². The Morgan fingerprint density at radius 3 is 2.80 bits per heavy atom. The van der Waals surface area contributed by atoms with Gasteiger partial charge in [0.15, 0.2) is 0 Å². The van der Waals surface area contributed by atoms with Crippen LogP contribution in [0.3, 0.4) is 0 Å². The first-order valence-electron chi connectivity index (χ1n) is 6.02. The fourth-order valence-corrected chi connectivity index (χ4v) is 2.12. The number of hydrogen-bond donors (Lipinski definition) is 1. The largest absolute Gasteiger partial charge is 0.376 e. The monoisotopic (exact) mass is 211 g/mol. The summed E-state index contributed by atoms with van der Waals surface area (Å²) in [6.45, 7) is 1.64. The normalized spacial score (nSPS) is 36.7. The molecule has 1 fully saturated rings. The molecule has 0 aromatic rings. The van der Waals surface area contributed by atoms with E-state index >= 15 is 0 Å². The Hall–Kier alpha value is -0.380. The van der Waals surface area contributed by atoms with Crippen LogP contribution in [0.25, 0.3) is 0 Å². The van der Waals surface area contributed by atoms with Gasteiger partial charge in [0, 0.05) is 12.6 Å². The average Bonchev–Trinajstić information content (AvgIpc) is 2.30. The van der Waals surface area contributed by atoms with Gasteiger partial charge in [-0.3, -0.25) is 0 Å². The predicted molar refractivity (Wildman–Crippen MR) is 59.7 cm³/mol. The van der Waals surface area contributed by atoms with Crippen LogP contribution in [0.5, 0.6) is 0 Å². The van der Waals surface area contributed by atoms with Gasteiger partial charge in [-0.1, -0.05) is 12.2 Å². The topological polar surface area (TPSA) is 44.5 Å². The van der Waals surface area contributed by atoms with Crippen molar-refractivity contribution in [3.05, 3.63) is 12.2 Å². The molecule has 0 aromatic heterocycles. The summed E-state index contributed by atoms with van der Waals surface area (Å²) in [7, 11) is 0. The molecule has 1 saturated heterocycles. The molecule has 0 saturated carbocycles. The zero-order chi connectivity index (χ0) is 10.5. The summed E-state index contributed by atoms with van der Waals surface area (Å²) in [5, 5.41) is 0. The molecular weight excluding hydrogens is 190 g/mol. The van der Waals surface area contributed by atoms with E-state index in [1.54, 1.807) is 0 Å². The summed E-state index contributed by atoms with van der Waals surface area (Å²) in [4.78, 5) is 0. The summed E-state index contributed by atoms with van der Waals surface area (Å²) in [6, 6.07) is 0.232. The second-order valence-corrected chi connectivity index (χ2v) is 4.49. The molecule has 1 heterocycles. The molecule has 86 valence electrons. The van der Waals surface area contributed by atoms with Gasteiger partial charge >= 0.3 is 0 Å². The predicted octanol–water partition coefficient (Wildman–Crippen LogP) is 1.62. The van der Waals surface area contributed by atoms with Crippen LogP contribution >= 0.6 is 0 Å². The molecule has 0 amide bonds. The molecule has 0 aromatic carbocycles. The molecule has 0 radical (unpaired) electrons. The van der Waals surface area contributed by atoms with Crippen LogP contribution in [0.15, 0.2) is 12.2 Å². The maximum Gasteiger partial charge on any atom is 0.0808 e. The highest BCUT2D eigenvalue weighted by Gasteiger charge is 2.18. The molecule has 2 rings (SSSR count). The highest BCUT2D eigenvalue weighted by Crippen LogP contribution is 2.17. The maximum absolute atomic E-state index is 5.80. The lowest BCUT2D eigenvalue weighted by Crippen LogP contribution is -2.30. The molecule has 1 aliphatic heterocycles. The van der Waals surface area contributed by atoms with Crippen molar-refractivity contribution in [2.45, 2.75) is 50.4 Å². The van der Waals surface area contributed by atoms with Crippen LogP contribution in [-0.2, 0) is 9.47 Å². The van der Waals surface area contributed by atoms with E-state index in [0.29, 0.717) is 6.10 Å². The number of rotatable bonds is 3. The molecule has 2 N–H and O–H groups in total. The Morgan fingerprint density at radius 2 is 2.13 bits per heavy atom. The molecule has 3 heteroatoms. The lowest BCUT2D eigenvalue weighted by Gasteiger charge is -2.26. The summed E-state index contributed by atoms with van der Waals surface area (Å²) < 4.78 is 11.4. The zero-order valence-electron chi connectivity index (χ0n) is 9.23. The Labute approximate surface area is 91.6 Å². The van der Waals surface area contributed by atoms with Crippen molar-refractivity contribution in [2.75, 3.05) is 13.2 Å². The van der Waals surface area contributed by atoms with E-state index in [1.165, 1.54) is 12.8 Å². The van der Waals surface area contributed by atoms with E-state index in [9.17, 15) is 0 Å². The van der Waals surface area contributed by atoms with Crippen LogP contribution in [0.2, 0.25) is 0 Å². The number of ether oxygens (including phenoxy) is 2. The highest BCUT2D eigenvalue weighted by molar-refractivity contribution is 5.01. The van der Waals surface area contributed by atoms with E-state index in [0.717, 1.165) is 32.5 Å². The van der Waals surface area contributed by atoms with Gasteiger partial charge in [0.2, 0.25) is 0 Å². The Kier molecular flexibility index (Phi) is 4.18. The summed E-state index contributed by atoms with van der Waals surface area (Å²) in [5.41, 5.74) is 5.77. The summed E-state index contributed by atoms with van der Waals surface area (Å²) in [6.07, 6.45) is 10.4. The first kappa shape index (κ1) is 11.1. The molecule has 15 heavy (non-hydrogen) atoms. The standard InChI is InChI=1S/C12H21NO2/c13-10-4-6-11(7-5-10)15-9-12-3-1-2-8-14-12/h4,6,10-12H,1-3,5,7-9,13H2. The van der Waals surface area contributed by atoms with Crippen molar-refractivity contribution >= 4 is 0 Å². The molecule has 2 aliphatic rings. The van der Waals surface area contributed by atoms with Gasteiger partial charge in [-0.05, 0) is 32.1 Å². The van der Waals surface area contributed by atoms with Gasteiger partial charge in [0.25, 0.3) is 0 Å². The Bertz CT molecular complexity index is 212. The third kappa shape index (κ3) is 3.59. The van der Waals surface area contributed by atoms with E-state index < -0.39 is 0 Å². The molecule has 3 atom stereocenters. The van der Waals surface area contributed by atoms with Crippen molar-refractivity contribution in [1.29, 1.82) is 0 Å². The third-order valence-corrected chi connectivity index (χ3v) is 3.13. The first-order chi connectivity index (χ1) is 7.34. The molecule has 0 bridgehead atoms. The molecule has 1 aliphatic carbocycles. The van der Waals surface area contributed by atoms with Crippen LogP contribution in [0.4, 0.5) is 0 Å². The van der Waals surface area contributed by atoms with Crippen molar-refractivity contribution < 1.29 is 9.47 Å². The van der Waals surface area contributed by atoms with E-state index in [-0.39, 0.29) is 12.1 Å².